The second-order valence-electron chi connectivity index (χ2n) is 6.30. The summed E-state index contributed by atoms with van der Waals surface area (Å²) >= 11 is 0. The highest BCUT2D eigenvalue weighted by Crippen LogP contribution is 2.23. The first-order valence-electron chi connectivity index (χ1n) is 8.94. The molecule has 0 saturated carbocycles. The standard InChI is InChI=1S/C20H25FN4O2.HI/c1-26-18-7-5-17(6-8-18)24-20(22)23-14-19(25-9-11-27-12-10-25)15-3-2-4-16(21)13-15;/h2-8,13,19H,9-12,14H2,1H3,(H3,22,23,24);1H. The van der Waals surface area contributed by atoms with Gasteiger partial charge in [0.1, 0.15) is 11.6 Å². The molecule has 152 valence electrons. The molecule has 0 bridgehead atoms. The monoisotopic (exact) mass is 500 g/mol. The number of rotatable bonds is 6. The molecule has 1 fully saturated rings. The Balaban J connectivity index is 0.00000280. The number of guanidine groups is 1. The van der Waals surface area contributed by atoms with Crippen molar-refractivity contribution in [2.75, 3.05) is 45.3 Å². The number of hydrogen-bond acceptors (Lipinski definition) is 4. The molecule has 0 spiro atoms. The molecule has 28 heavy (non-hydrogen) atoms. The summed E-state index contributed by atoms with van der Waals surface area (Å²) in [6, 6.07) is 14.0. The smallest absolute Gasteiger partial charge is 0.193 e. The summed E-state index contributed by atoms with van der Waals surface area (Å²) in [5.41, 5.74) is 7.76. The average molecular weight is 500 g/mol. The molecule has 0 aromatic heterocycles. The molecule has 0 radical (unpaired) electrons. The minimum Gasteiger partial charge on any atom is -0.497 e. The van der Waals surface area contributed by atoms with Crippen LogP contribution in [0, 0.1) is 5.82 Å². The van der Waals surface area contributed by atoms with Crippen molar-refractivity contribution in [2.24, 2.45) is 10.7 Å². The molecule has 1 saturated heterocycles. The van der Waals surface area contributed by atoms with Gasteiger partial charge >= 0.3 is 0 Å². The Morgan fingerprint density at radius 2 is 1.96 bits per heavy atom. The van der Waals surface area contributed by atoms with Crippen molar-refractivity contribution < 1.29 is 13.9 Å². The van der Waals surface area contributed by atoms with E-state index in [0.717, 1.165) is 30.1 Å². The summed E-state index contributed by atoms with van der Waals surface area (Å²) in [5.74, 6) is 0.837. The first-order chi connectivity index (χ1) is 13.2. The van der Waals surface area contributed by atoms with Crippen LogP contribution in [0.3, 0.4) is 0 Å². The van der Waals surface area contributed by atoms with Gasteiger partial charge in [-0.2, -0.15) is 0 Å². The minimum absolute atomic E-state index is 0. The predicted octanol–water partition coefficient (Wildman–Crippen LogP) is 3.25. The lowest BCUT2D eigenvalue weighted by atomic mass is 10.0. The third-order valence-corrected chi connectivity index (χ3v) is 4.52. The topological polar surface area (TPSA) is 72.1 Å². The van der Waals surface area contributed by atoms with Crippen molar-refractivity contribution in [3.8, 4) is 5.75 Å². The number of halogens is 2. The molecule has 2 aromatic rings. The summed E-state index contributed by atoms with van der Waals surface area (Å²) in [6.07, 6.45) is 0. The van der Waals surface area contributed by atoms with Crippen molar-refractivity contribution in [2.45, 2.75) is 6.04 Å². The van der Waals surface area contributed by atoms with Gasteiger partial charge in [-0.25, -0.2) is 4.39 Å². The van der Waals surface area contributed by atoms with Gasteiger partial charge in [0.25, 0.3) is 0 Å². The molecular weight excluding hydrogens is 474 g/mol. The summed E-state index contributed by atoms with van der Waals surface area (Å²) < 4.78 is 24.3. The van der Waals surface area contributed by atoms with Crippen LogP contribution in [0.5, 0.6) is 5.75 Å². The molecule has 0 aliphatic carbocycles. The van der Waals surface area contributed by atoms with Gasteiger partial charge in [0.2, 0.25) is 0 Å². The van der Waals surface area contributed by atoms with Gasteiger partial charge < -0.3 is 20.5 Å². The van der Waals surface area contributed by atoms with Crippen LogP contribution in [0.4, 0.5) is 10.1 Å². The average Bonchev–Trinajstić information content (AvgIpc) is 2.70. The van der Waals surface area contributed by atoms with E-state index in [1.807, 2.05) is 30.3 Å². The zero-order valence-corrected chi connectivity index (χ0v) is 18.1. The second kappa shape index (κ2) is 11.2. The summed E-state index contributed by atoms with van der Waals surface area (Å²) in [6.45, 7) is 3.31. The molecule has 3 N–H and O–H groups in total. The number of methoxy groups -OCH3 is 1. The molecule has 1 aliphatic heterocycles. The van der Waals surface area contributed by atoms with E-state index in [-0.39, 0.29) is 35.8 Å². The molecule has 1 heterocycles. The minimum atomic E-state index is -0.251. The molecule has 1 unspecified atom stereocenters. The number of ether oxygens (including phenoxy) is 2. The lowest BCUT2D eigenvalue weighted by Crippen LogP contribution is -2.40. The number of nitrogens with zero attached hydrogens (tertiary/aromatic N) is 2. The van der Waals surface area contributed by atoms with E-state index < -0.39 is 0 Å². The van der Waals surface area contributed by atoms with E-state index in [1.54, 1.807) is 19.2 Å². The lowest BCUT2D eigenvalue weighted by molar-refractivity contribution is 0.0179. The van der Waals surface area contributed by atoms with Crippen molar-refractivity contribution in [3.63, 3.8) is 0 Å². The van der Waals surface area contributed by atoms with Crippen LogP contribution in [-0.4, -0.2) is 50.8 Å². The number of nitrogens with one attached hydrogen (secondary N) is 1. The molecule has 1 atom stereocenters. The van der Waals surface area contributed by atoms with E-state index in [1.165, 1.54) is 6.07 Å². The second-order valence-corrected chi connectivity index (χ2v) is 6.30. The van der Waals surface area contributed by atoms with Gasteiger partial charge in [0.05, 0.1) is 32.9 Å². The zero-order valence-electron chi connectivity index (χ0n) is 15.8. The van der Waals surface area contributed by atoms with Crippen LogP contribution in [0.25, 0.3) is 0 Å². The predicted molar refractivity (Wildman–Crippen MR) is 120 cm³/mol. The first kappa shape index (κ1) is 22.4. The van der Waals surface area contributed by atoms with Gasteiger partial charge in [-0.3, -0.25) is 9.89 Å². The Morgan fingerprint density at radius 3 is 2.61 bits per heavy atom. The van der Waals surface area contributed by atoms with Gasteiger partial charge in [-0.1, -0.05) is 12.1 Å². The highest BCUT2D eigenvalue weighted by atomic mass is 127. The fourth-order valence-corrected chi connectivity index (χ4v) is 3.08. The van der Waals surface area contributed by atoms with Crippen LogP contribution in [0.1, 0.15) is 11.6 Å². The van der Waals surface area contributed by atoms with Crippen LogP contribution in [0.2, 0.25) is 0 Å². The van der Waals surface area contributed by atoms with Gasteiger partial charge in [0, 0.05) is 18.8 Å². The van der Waals surface area contributed by atoms with Crippen LogP contribution in [0.15, 0.2) is 53.5 Å². The molecule has 8 heteroatoms. The van der Waals surface area contributed by atoms with Crippen LogP contribution >= 0.6 is 24.0 Å². The Kier molecular flexibility index (Phi) is 8.94. The molecule has 0 amide bonds. The Morgan fingerprint density at radius 1 is 1.25 bits per heavy atom. The number of aliphatic imine (C=N–C) groups is 1. The van der Waals surface area contributed by atoms with Crippen LogP contribution < -0.4 is 15.8 Å². The Bertz CT molecular complexity index is 767. The van der Waals surface area contributed by atoms with Crippen molar-refractivity contribution in [1.82, 2.24) is 4.90 Å². The van der Waals surface area contributed by atoms with Crippen molar-refractivity contribution in [1.29, 1.82) is 0 Å². The van der Waals surface area contributed by atoms with Gasteiger partial charge in [-0.05, 0) is 42.0 Å². The number of benzene rings is 2. The van der Waals surface area contributed by atoms with E-state index in [4.69, 9.17) is 15.2 Å². The SMILES string of the molecule is COc1ccc(NC(N)=NCC(c2cccc(F)c2)N2CCOCC2)cc1.I. The third kappa shape index (κ3) is 6.32. The zero-order chi connectivity index (χ0) is 19.1. The van der Waals surface area contributed by atoms with E-state index >= 15 is 0 Å². The number of anilines is 1. The maximum absolute atomic E-state index is 13.7. The fourth-order valence-electron chi connectivity index (χ4n) is 3.08. The van der Waals surface area contributed by atoms with Gasteiger partial charge in [0.15, 0.2) is 5.96 Å². The third-order valence-electron chi connectivity index (χ3n) is 4.52. The molecule has 1 aliphatic rings. The molecular formula is C20H26FIN4O2. The van der Waals surface area contributed by atoms with E-state index in [9.17, 15) is 4.39 Å². The van der Waals surface area contributed by atoms with E-state index in [0.29, 0.717) is 25.7 Å². The number of hydrogen-bond donors (Lipinski definition) is 2. The maximum atomic E-state index is 13.7. The summed E-state index contributed by atoms with van der Waals surface area (Å²) in [4.78, 5) is 6.74. The largest absolute Gasteiger partial charge is 0.497 e. The fraction of sp³-hybridized carbons (Fsp3) is 0.350. The Labute approximate surface area is 181 Å². The maximum Gasteiger partial charge on any atom is 0.193 e. The highest BCUT2D eigenvalue weighted by molar-refractivity contribution is 14.0. The highest BCUT2D eigenvalue weighted by Gasteiger charge is 2.22. The normalized spacial score (nSPS) is 16.1. The summed E-state index contributed by atoms with van der Waals surface area (Å²) in [7, 11) is 1.62. The Hall–Kier alpha value is -1.91. The first-order valence-corrected chi connectivity index (χ1v) is 8.94. The van der Waals surface area contributed by atoms with Gasteiger partial charge in [-0.15, -0.1) is 24.0 Å². The van der Waals surface area contributed by atoms with Crippen molar-refractivity contribution in [3.05, 3.63) is 59.9 Å². The quantitative estimate of drug-likeness (QED) is 0.362. The van der Waals surface area contributed by atoms with Crippen molar-refractivity contribution >= 4 is 35.6 Å². The lowest BCUT2D eigenvalue weighted by Gasteiger charge is -2.34. The molecule has 6 nitrogen and oxygen atoms in total. The van der Waals surface area contributed by atoms with E-state index in [2.05, 4.69) is 15.2 Å². The summed E-state index contributed by atoms with van der Waals surface area (Å²) in [5, 5.41) is 3.07. The number of nitrogens with two attached hydrogens (primary N) is 1. The molecule has 3 rings (SSSR count). The van der Waals surface area contributed by atoms with Crippen LogP contribution in [-0.2, 0) is 4.74 Å². The molecule has 2 aromatic carbocycles. The number of morpholine rings is 1.